The molecule has 5 heteroatoms. The Morgan fingerprint density at radius 1 is 0.962 bits per heavy atom. The lowest BCUT2D eigenvalue weighted by atomic mass is 10.2. The molecule has 2 N–H and O–H groups in total. The third-order valence-electron chi connectivity index (χ3n) is 4.89. The maximum atomic E-state index is 10.1. The van der Waals surface area contributed by atoms with Gasteiger partial charge in [-0.1, -0.05) is 31.0 Å². The quantitative estimate of drug-likeness (QED) is 0.668. The van der Waals surface area contributed by atoms with Gasteiger partial charge in [0, 0.05) is 18.5 Å². The molecule has 2 heterocycles. The number of benzene rings is 2. The third-order valence-corrected chi connectivity index (χ3v) is 4.89. The van der Waals surface area contributed by atoms with Gasteiger partial charge in [0.05, 0.1) is 11.2 Å². The zero-order chi connectivity index (χ0) is 17.9. The Morgan fingerprint density at radius 3 is 2.54 bits per heavy atom. The van der Waals surface area contributed by atoms with E-state index in [0.29, 0.717) is 11.6 Å². The van der Waals surface area contributed by atoms with Crippen LogP contribution in [-0.2, 0) is 0 Å². The summed E-state index contributed by atoms with van der Waals surface area (Å²) in [7, 11) is 0. The van der Waals surface area contributed by atoms with Crippen LogP contribution in [0.3, 0.4) is 0 Å². The normalized spacial score (nSPS) is 15.0. The molecule has 3 aromatic rings. The number of nitrogens with one attached hydrogen (secondary N) is 1. The summed E-state index contributed by atoms with van der Waals surface area (Å²) >= 11 is 0. The first-order valence-corrected chi connectivity index (χ1v) is 9.29. The molecule has 0 radical (unpaired) electrons. The molecule has 2 aromatic carbocycles. The largest absolute Gasteiger partial charge is 0.506 e. The highest BCUT2D eigenvalue weighted by Gasteiger charge is 2.16. The van der Waals surface area contributed by atoms with Gasteiger partial charge in [-0.2, -0.15) is 4.98 Å². The van der Waals surface area contributed by atoms with Gasteiger partial charge in [0.25, 0.3) is 0 Å². The summed E-state index contributed by atoms with van der Waals surface area (Å²) in [5, 5.41) is 14.4. The van der Waals surface area contributed by atoms with Gasteiger partial charge < -0.3 is 15.3 Å². The van der Waals surface area contributed by atoms with E-state index in [9.17, 15) is 5.11 Å². The van der Waals surface area contributed by atoms with E-state index in [4.69, 9.17) is 4.98 Å². The fourth-order valence-corrected chi connectivity index (χ4v) is 3.51. The predicted octanol–water partition coefficient (Wildman–Crippen LogP) is 4.77. The first-order valence-electron chi connectivity index (χ1n) is 9.29. The van der Waals surface area contributed by atoms with Gasteiger partial charge >= 0.3 is 0 Å². The van der Waals surface area contributed by atoms with Crippen molar-refractivity contribution in [2.24, 2.45) is 0 Å². The van der Waals surface area contributed by atoms with Crippen molar-refractivity contribution in [1.82, 2.24) is 9.97 Å². The molecule has 1 fully saturated rings. The molecule has 0 atom stereocenters. The number of aromatic hydroxyl groups is 1. The molecule has 134 valence electrons. The van der Waals surface area contributed by atoms with Crippen molar-refractivity contribution in [3.63, 3.8) is 0 Å². The van der Waals surface area contributed by atoms with Crippen LogP contribution in [0, 0.1) is 6.92 Å². The predicted molar refractivity (Wildman–Crippen MR) is 106 cm³/mol. The van der Waals surface area contributed by atoms with Gasteiger partial charge in [0.15, 0.2) is 0 Å². The first-order chi connectivity index (χ1) is 12.7. The van der Waals surface area contributed by atoms with Gasteiger partial charge in [0.2, 0.25) is 5.95 Å². The van der Waals surface area contributed by atoms with Crippen molar-refractivity contribution in [1.29, 1.82) is 0 Å². The average molecular weight is 348 g/mol. The fourth-order valence-electron chi connectivity index (χ4n) is 3.51. The Balaban J connectivity index is 1.77. The highest BCUT2D eigenvalue weighted by molar-refractivity contribution is 5.91. The van der Waals surface area contributed by atoms with Gasteiger partial charge in [-0.3, -0.25) is 0 Å². The van der Waals surface area contributed by atoms with E-state index in [2.05, 4.69) is 21.3 Å². The number of anilines is 3. The maximum Gasteiger partial charge on any atom is 0.229 e. The molecule has 0 bridgehead atoms. The van der Waals surface area contributed by atoms with Crippen LogP contribution in [0.5, 0.6) is 5.75 Å². The lowest BCUT2D eigenvalue weighted by molar-refractivity contribution is 0.477. The molecule has 26 heavy (non-hydrogen) atoms. The number of hydrogen-bond acceptors (Lipinski definition) is 5. The van der Waals surface area contributed by atoms with E-state index in [1.165, 1.54) is 25.7 Å². The molecule has 1 aromatic heterocycles. The molecule has 0 saturated carbocycles. The Bertz CT molecular complexity index is 917. The van der Waals surface area contributed by atoms with E-state index in [1.807, 2.05) is 37.3 Å². The summed E-state index contributed by atoms with van der Waals surface area (Å²) in [5.74, 6) is 1.69. The lowest BCUT2D eigenvalue weighted by Crippen LogP contribution is -2.25. The minimum Gasteiger partial charge on any atom is -0.506 e. The topological polar surface area (TPSA) is 61.3 Å². The Hall–Kier alpha value is -2.82. The zero-order valence-corrected chi connectivity index (χ0v) is 15.1. The van der Waals surface area contributed by atoms with Crippen molar-refractivity contribution in [2.75, 3.05) is 23.3 Å². The first kappa shape index (κ1) is 16.6. The molecule has 1 aliphatic rings. The van der Waals surface area contributed by atoms with Crippen LogP contribution in [0.2, 0.25) is 0 Å². The number of nitrogens with zero attached hydrogens (tertiary/aromatic N) is 3. The van der Waals surface area contributed by atoms with E-state index in [0.717, 1.165) is 35.4 Å². The minimum absolute atomic E-state index is 0.198. The number of aromatic nitrogens is 2. The molecule has 4 rings (SSSR count). The van der Waals surface area contributed by atoms with Crippen LogP contribution >= 0.6 is 0 Å². The van der Waals surface area contributed by atoms with Crippen molar-refractivity contribution < 1.29 is 5.11 Å². The molecule has 0 unspecified atom stereocenters. The summed E-state index contributed by atoms with van der Waals surface area (Å²) in [6, 6.07) is 13.6. The number of phenolic OH excluding ortho intramolecular Hbond substituents is 1. The summed E-state index contributed by atoms with van der Waals surface area (Å²) < 4.78 is 0. The van der Waals surface area contributed by atoms with E-state index < -0.39 is 0 Å². The summed E-state index contributed by atoms with van der Waals surface area (Å²) in [6.45, 7) is 4.04. The van der Waals surface area contributed by atoms with Crippen LogP contribution in [0.4, 0.5) is 17.5 Å². The molecule has 1 saturated heterocycles. The highest BCUT2D eigenvalue weighted by Crippen LogP contribution is 2.30. The SMILES string of the molecule is Cc1ccc(O)c(Nc2nc(N3CCCCCC3)c3ccccc3n2)c1. The lowest BCUT2D eigenvalue weighted by Gasteiger charge is -2.23. The second-order valence-electron chi connectivity index (χ2n) is 6.93. The number of rotatable bonds is 3. The Morgan fingerprint density at radius 2 is 1.73 bits per heavy atom. The van der Waals surface area contributed by atoms with Crippen LogP contribution in [0.25, 0.3) is 10.9 Å². The van der Waals surface area contributed by atoms with Crippen molar-refractivity contribution in [3.8, 4) is 5.75 Å². The number of fused-ring (bicyclic) bond motifs is 1. The molecule has 0 spiro atoms. The van der Waals surface area contributed by atoms with Gasteiger partial charge in [0.1, 0.15) is 11.6 Å². The van der Waals surface area contributed by atoms with Gasteiger partial charge in [-0.15, -0.1) is 0 Å². The second-order valence-corrected chi connectivity index (χ2v) is 6.93. The molecule has 0 aliphatic carbocycles. The Labute approximate surface area is 153 Å². The van der Waals surface area contributed by atoms with Gasteiger partial charge in [-0.25, -0.2) is 4.98 Å². The molecule has 5 nitrogen and oxygen atoms in total. The van der Waals surface area contributed by atoms with E-state index in [-0.39, 0.29) is 5.75 Å². The summed E-state index contributed by atoms with van der Waals surface area (Å²) in [5.41, 5.74) is 2.61. The van der Waals surface area contributed by atoms with Crippen LogP contribution in [0.15, 0.2) is 42.5 Å². The van der Waals surface area contributed by atoms with E-state index >= 15 is 0 Å². The monoisotopic (exact) mass is 348 g/mol. The number of hydrogen-bond donors (Lipinski definition) is 2. The van der Waals surface area contributed by atoms with Crippen molar-refractivity contribution in [3.05, 3.63) is 48.0 Å². The molecule has 0 amide bonds. The number of para-hydroxylation sites is 1. The zero-order valence-electron chi connectivity index (χ0n) is 15.1. The smallest absolute Gasteiger partial charge is 0.229 e. The number of phenols is 1. The van der Waals surface area contributed by atoms with Crippen LogP contribution in [0.1, 0.15) is 31.2 Å². The summed E-state index contributed by atoms with van der Waals surface area (Å²) in [4.78, 5) is 11.9. The number of aryl methyl sites for hydroxylation is 1. The maximum absolute atomic E-state index is 10.1. The summed E-state index contributed by atoms with van der Waals surface area (Å²) in [6.07, 6.45) is 4.95. The highest BCUT2D eigenvalue weighted by atomic mass is 16.3. The fraction of sp³-hybridized carbons (Fsp3) is 0.333. The van der Waals surface area contributed by atoms with Crippen LogP contribution in [-0.4, -0.2) is 28.2 Å². The standard InChI is InChI=1S/C21H24N4O/c1-15-10-11-19(26)18(14-15)23-21-22-17-9-5-4-8-16(17)20(24-21)25-12-6-2-3-7-13-25/h4-5,8-11,14,26H,2-3,6-7,12-13H2,1H3,(H,22,23,24). The Kier molecular flexibility index (Phi) is 4.61. The second kappa shape index (κ2) is 7.20. The molecular formula is C21H24N4O. The molecule has 1 aliphatic heterocycles. The van der Waals surface area contributed by atoms with Gasteiger partial charge in [-0.05, 0) is 49.6 Å². The van der Waals surface area contributed by atoms with Crippen molar-refractivity contribution >= 4 is 28.4 Å². The molecular weight excluding hydrogens is 324 g/mol. The van der Waals surface area contributed by atoms with Crippen molar-refractivity contribution in [2.45, 2.75) is 32.6 Å². The van der Waals surface area contributed by atoms with E-state index in [1.54, 1.807) is 6.07 Å². The third kappa shape index (κ3) is 3.43. The van der Waals surface area contributed by atoms with Crippen LogP contribution < -0.4 is 10.2 Å². The minimum atomic E-state index is 0.198. The average Bonchev–Trinajstić information content (AvgIpc) is 2.93.